The zero-order chi connectivity index (χ0) is 16.3. The van der Waals surface area contributed by atoms with Gasteiger partial charge < -0.3 is 4.74 Å². The van der Waals surface area contributed by atoms with Crippen LogP contribution >= 0.6 is 8.09 Å². The van der Waals surface area contributed by atoms with Gasteiger partial charge in [0.15, 0.2) is 0 Å². The summed E-state index contributed by atoms with van der Waals surface area (Å²) in [7, 11) is -3.42. The molecule has 0 aliphatic heterocycles. The summed E-state index contributed by atoms with van der Waals surface area (Å²) < 4.78 is 19.0. The summed E-state index contributed by atoms with van der Waals surface area (Å²) in [5.74, 6) is -0.549. The van der Waals surface area contributed by atoms with E-state index < -0.39 is 20.2 Å². The number of ether oxygens (including phenoxy) is 4. The Bertz CT molecular complexity index is 355. The van der Waals surface area contributed by atoms with Crippen LogP contribution in [-0.4, -0.2) is 66.9 Å². The van der Waals surface area contributed by atoms with Crippen LogP contribution in [0.4, 0.5) is 4.79 Å². The molecule has 21 heavy (non-hydrogen) atoms. The third-order valence-electron chi connectivity index (χ3n) is 1.85. The number of hydrogen-bond acceptors (Lipinski definition) is 9. The molecule has 4 N–H and O–H groups in total. The quantitative estimate of drug-likeness (QED) is 0.169. The van der Waals surface area contributed by atoms with Crippen LogP contribution in [0.25, 0.3) is 0 Å². The zero-order valence-electron chi connectivity index (χ0n) is 11.5. The molecule has 0 aromatic rings. The number of methoxy groups -OCH3 is 1. The number of amides is 1. The third kappa shape index (κ3) is 12.2. The summed E-state index contributed by atoms with van der Waals surface area (Å²) in [6.45, 7) is 3.77. The van der Waals surface area contributed by atoms with Crippen molar-refractivity contribution in [1.29, 1.82) is 0 Å². The Balaban J connectivity index is 3.43. The summed E-state index contributed by atoms with van der Waals surface area (Å²) in [5, 5.41) is 1.47. The normalized spacial score (nSPS) is 11.6. The molecule has 0 atom stereocenters. The second-order valence-corrected chi connectivity index (χ2v) is 5.18. The Morgan fingerprint density at radius 2 is 1.67 bits per heavy atom. The first-order chi connectivity index (χ1) is 9.76. The Morgan fingerprint density at radius 1 is 1.10 bits per heavy atom. The summed E-state index contributed by atoms with van der Waals surface area (Å²) in [6, 6.07) is 0. The van der Waals surface area contributed by atoms with Crippen LogP contribution in [0, 0.1) is 0 Å². The first-order valence-corrected chi connectivity index (χ1v) is 7.64. The van der Waals surface area contributed by atoms with E-state index in [1.165, 1.54) is 12.2 Å². The average Bonchev–Trinajstić information content (AvgIpc) is 2.38. The first-order valence-electron chi connectivity index (χ1n) is 5.80. The molecule has 0 spiro atoms. The number of nitrogens with one attached hydrogen (secondary N) is 1. The van der Waals surface area contributed by atoms with Gasteiger partial charge in [-0.15, -0.1) is 0 Å². The second-order valence-electron chi connectivity index (χ2n) is 3.66. The Labute approximate surface area is 121 Å². The van der Waals surface area contributed by atoms with Gasteiger partial charge in [0.1, 0.15) is 0 Å². The van der Waals surface area contributed by atoms with E-state index in [-0.39, 0.29) is 38.6 Å². The van der Waals surface area contributed by atoms with Crippen LogP contribution in [0.5, 0.6) is 0 Å². The minimum Gasteiger partial charge on any atom is -0.466 e. The molecule has 0 fully saturated rings. The third-order valence-corrected chi connectivity index (χ3v) is 2.39. The fourth-order valence-electron chi connectivity index (χ4n) is 0.985. The Kier molecular flexibility index (Phi) is 9.80. The number of carbonyl (C=O) groups is 2. The molecule has 0 saturated heterocycles. The number of hydrogen-bond donors (Lipinski definition) is 4. The topological polar surface area (TPSA) is 144 Å². The summed E-state index contributed by atoms with van der Waals surface area (Å²) >= 11 is 0. The van der Waals surface area contributed by atoms with Crippen LogP contribution in [0.2, 0.25) is 0 Å². The SMILES string of the molecule is C=C(COCCOCCOC(=O)N[PH](O)(O)O)C(=O)OC. The van der Waals surface area contributed by atoms with Crippen molar-refractivity contribution in [2.24, 2.45) is 0 Å². The summed E-state index contributed by atoms with van der Waals surface area (Å²) in [6.07, 6.45) is -1.16. The van der Waals surface area contributed by atoms with E-state index in [0.29, 0.717) is 0 Å². The van der Waals surface area contributed by atoms with Crippen LogP contribution in [0.15, 0.2) is 12.2 Å². The predicted molar refractivity (Wildman–Crippen MR) is 72.2 cm³/mol. The number of esters is 1. The molecule has 0 saturated carbocycles. The van der Waals surface area contributed by atoms with Crippen molar-refractivity contribution in [2.45, 2.75) is 0 Å². The predicted octanol–water partition coefficient (Wildman–Crippen LogP) is -1.14. The van der Waals surface area contributed by atoms with Crippen LogP contribution in [-0.2, 0) is 23.7 Å². The summed E-state index contributed by atoms with van der Waals surface area (Å²) in [5.41, 5.74) is 0.183. The monoisotopic (exact) mass is 329 g/mol. The molecular weight excluding hydrogens is 309 g/mol. The first kappa shape index (κ1) is 19.7. The standard InChI is InChI=1S/C10H20NO9P/c1-8(9(12)17-2)7-19-4-3-18-5-6-20-10(13)11-21(14,15)16/h14-16,21H,1,3-7H2,2H3,(H,11,13). The van der Waals surface area contributed by atoms with Crippen LogP contribution in [0.1, 0.15) is 0 Å². The molecule has 0 heterocycles. The molecule has 0 bridgehead atoms. The minimum atomic E-state index is -4.66. The van der Waals surface area contributed by atoms with Gasteiger partial charge >= 0.3 is 104 Å². The number of rotatable bonds is 10. The minimum absolute atomic E-state index is 0.0190. The zero-order valence-corrected chi connectivity index (χ0v) is 12.5. The molecule has 11 heteroatoms. The van der Waals surface area contributed by atoms with Crippen LogP contribution < -0.4 is 5.09 Å². The molecule has 0 rings (SSSR count). The van der Waals surface area contributed by atoms with E-state index in [9.17, 15) is 9.59 Å². The van der Waals surface area contributed by atoms with Gasteiger partial charge in [0, 0.05) is 0 Å². The van der Waals surface area contributed by atoms with Gasteiger partial charge in [0.05, 0.1) is 7.11 Å². The van der Waals surface area contributed by atoms with E-state index in [1.54, 1.807) is 0 Å². The molecule has 10 nitrogen and oxygen atoms in total. The maximum absolute atomic E-state index is 10.9. The van der Waals surface area contributed by atoms with Crippen molar-refractivity contribution in [2.75, 3.05) is 40.1 Å². The van der Waals surface area contributed by atoms with E-state index in [4.69, 9.17) is 24.2 Å². The Morgan fingerprint density at radius 3 is 2.24 bits per heavy atom. The molecular formula is C10H20NO9P. The van der Waals surface area contributed by atoms with E-state index in [0.717, 1.165) is 0 Å². The van der Waals surface area contributed by atoms with Gasteiger partial charge in [-0.3, -0.25) is 0 Å². The number of carbonyl (C=O) groups excluding carboxylic acids is 2. The molecule has 0 aromatic heterocycles. The molecule has 0 aliphatic carbocycles. The van der Waals surface area contributed by atoms with Crippen molar-refractivity contribution in [3.63, 3.8) is 0 Å². The van der Waals surface area contributed by atoms with Gasteiger partial charge in [0.2, 0.25) is 0 Å². The van der Waals surface area contributed by atoms with Crippen molar-refractivity contribution >= 4 is 20.2 Å². The van der Waals surface area contributed by atoms with E-state index in [1.807, 2.05) is 0 Å². The maximum atomic E-state index is 10.9. The average molecular weight is 329 g/mol. The molecule has 0 aliphatic rings. The molecule has 0 aromatic carbocycles. The van der Waals surface area contributed by atoms with Crippen molar-refractivity contribution in [1.82, 2.24) is 5.09 Å². The van der Waals surface area contributed by atoms with Crippen molar-refractivity contribution in [3.05, 3.63) is 12.2 Å². The van der Waals surface area contributed by atoms with E-state index in [2.05, 4.69) is 16.1 Å². The second kappa shape index (κ2) is 10.4. The smallest absolute Gasteiger partial charge is 0.466 e. The van der Waals surface area contributed by atoms with Crippen LogP contribution in [0.3, 0.4) is 0 Å². The molecule has 0 unspecified atom stereocenters. The van der Waals surface area contributed by atoms with Gasteiger partial charge in [-0.25, -0.2) is 4.79 Å². The molecule has 124 valence electrons. The van der Waals surface area contributed by atoms with Crippen molar-refractivity contribution < 1.29 is 43.2 Å². The molecule has 0 radical (unpaired) electrons. The fraction of sp³-hybridized carbons (Fsp3) is 0.600. The van der Waals surface area contributed by atoms with Gasteiger partial charge in [-0.1, -0.05) is 0 Å². The van der Waals surface area contributed by atoms with Gasteiger partial charge in [-0.05, 0) is 0 Å². The Hall–Kier alpha value is -1.29. The van der Waals surface area contributed by atoms with Gasteiger partial charge in [0.25, 0.3) is 0 Å². The van der Waals surface area contributed by atoms with Crippen molar-refractivity contribution in [3.8, 4) is 0 Å². The molecule has 1 amide bonds. The fourth-order valence-corrected chi connectivity index (χ4v) is 1.33. The van der Waals surface area contributed by atoms with Gasteiger partial charge in [-0.2, -0.15) is 0 Å². The van der Waals surface area contributed by atoms with E-state index >= 15 is 0 Å². The summed E-state index contributed by atoms with van der Waals surface area (Å²) in [4.78, 5) is 47.4.